The van der Waals surface area contributed by atoms with E-state index in [9.17, 15) is 15.0 Å². The van der Waals surface area contributed by atoms with E-state index in [2.05, 4.69) is 14.7 Å². The quantitative estimate of drug-likeness (QED) is 0.473. The van der Waals surface area contributed by atoms with Crippen molar-refractivity contribution >= 4 is 11.8 Å². The molecule has 0 aliphatic heterocycles. The van der Waals surface area contributed by atoms with Crippen LogP contribution in [0.15, 0.2) is 6.20 Å². The van der Waals surface area contributed by atoms with Crippen molar-refractivity contribution < 1.29 is 24.9 Å². The highest BCUT2D eigenvalue weighted by Crippen LogP contribution is 2.18. The minimum absolute atomic E-state index is 0.0226. The molecule has 100 valence electrons. The van der Waals surface area contributed by atoms with Gasteiger partial charge in [-0.15, -0.1) is 0 Å². The number of hydrogen-bond donors (Lipinski definition) is 4. The molecule has 0 amide bonds. The van der Waals surface area contributed by atoms with Gasteiger partial charge in [0, 0.05) is 6.61 Å². The molecule has 0 spiro atoms. The molecule has 0 saturated carbocycles. The van der Waals surface area contributed by atoms with E-state index in [0.717, 1.165) is 13.3 Å². The summed E-state index contributed by atoms with van der Waals surface area (Å²) in [5.41, 5.74) is 5.19. The van der Waals surface area contributed by atoms with Crippen molar-refractivity contribution in [3.8, 4) is 0 Å². The van der Waals surface area contributed by atoms with Gasteiger partial charge in [0.15, 0.2) is 11.5 Å². The molecule has 1 rings (SSSR count). The molecule has 0 fully saturated rings. The minimum Gasteiger partial charge on any atom is -0.464 e. The van der Waals surface area contributed by atoms with E-state index >= 15 is 0 Å². The van der Waals surface area contributed by atoms with Crippen LogP contribution >= 0.6 is 0 Å². The molecule has 1 aromatic heterocycles. The molecule has 0 aliphatic carbocycles. The maximum Gasteiger partial charge on any atom is 0.360 e. The van der Waals surface area contributed by atoms with Gasteiger partial charge in [0.2, 0.25) is 0 Å². The Kier molecular flexibility index (Phi) is 4.95. The summed E-state index contributed by atoms with van der Waals surface area (Å²) in [6.45, 7) is -0.287. The van der Waals surface area contributed by atoms with Crippen LogP contribution in [-0.4, -0.2) is 51.1 Å². The molecule has 2 unspecified atom stereocenters. The lowest BCUT2D eigenvalue weighted by Gasteiger charge is -2.16. The van der Waals surface area contributed by atoms with Gasteiger partial charge in [-0.25, -0.2) is 14.8 Å². The lowest BCUT2D eigenvalue weighted by Crippen LogP contribution is -2.22. The predicted molar refractivity (Wildman–Crippen MR) is 60.5 cm³/mol. The molecule has 2 atom stereocenters. The van der Waals surface area contributed by atoms with E-state index in [-0.39, 0.29) is 30.2 Å². The first-order valence-electron chi connectivity index (χ1n) is 5.19. The second-order valence-corrected chi connectivity index (χ2v) is 3.54. The van der Waals surface area contributed by atoms with E-state index in [1.54, 1.807) is 0 Å². The van der Waals surface area contributed by atoms with Crippen LogP contribution in [0, 0.1) is 0 Å². The molecule has 8 heteroatoms. The Balaban J connectivity index is 3.00. The Morgan fingerprint density at radius 1 is 1.56 bits per heavy atom. The van der Waals surface area contributed by atoms with Crippen molar-refractivity contribution in [1.29, 1.82) is 0 Å². The number of nitrogens with two attached hydrogens (primary N) is 1. The van der Waals surface area contributed by atoms with Crippen LogP contribution in [0.2, 0.25) is 0 Å². The van der Waals surface area contributed by atoms with Crippen molar-refractivity contribution in [2.24, 2.45) is 0 Å². The predicted octanol–water partition coefficient (Wildman–Crippen LogP) is -1.38. The summed E-state index contributed by atoms with van der Waals surface area (Å²) in [5.74, 6) is -0.917. The van der Waals surface area contributed by atoms with Crippen molar-refractivity contribution in [3.05, 3.63) is 17.6 Å². The molecule has 1 heterocycles. The molecular formula is C10H15N3O5. The molecule has 0 saturated heterocycles. The molecule has 0 aliphatic rings. The SMILES string of the molecule is COC(=O)c1nc(C(O)C(O)CCO)cnc1N. The van der Waals surface area contributed by atoms with E-state index in [0.29, 0.717) is 0 Å². The number of carbonyl (C=O) groups is 1. The highest BCUT2D eigenvalue weighted by Gasteiger charge is 2.22. The summed E-state index contributed by atoms with van der Waals surface area (Å²) < 4.78 is 4.45. The van der Waals surface area contributed by atoms with Gasteiger partial charge in [-0.05, 0) is 6.42 Å². The van der Waals surface area contributed by atoms with Crippen LogP contribution in [0.4, 0.5) is 5.82 Å². The summed E-state index contributed by atoms with van der Waals surface area (Å²) in [6, 6.07) is 0. The van der Waals surface area contributed by atoms with Crippen molar-refractivity contribution in [2.45, 2.75) is 18.6 Å². The molecular weight excluding hydrogens is 242 g/mol. The molecule has 0 aromatic carbocycles. The lowest BCUT2D eigenvalue weighted by atomic mass is 10.1. The number of nitrogens with zero attached hydrogens (tertiary/aromatic N) is 2. The number of carbonyl (C=O) groups excluding carboxylic acids is 1. The molecule has 8 nitrogen and oxygen atoms in total. The standard InChI is InChI=1S/C10H15N3O5/c1-18-10(17)7-9(11)12-4-5(13-7)8(16)6(15)2-3-14/h4,6,8,14-16H,2-3H2,1H3,(H2,11,12). The van der Waals surface area contributed by atoms with Crippen molar-refractivity contribution in [3.63, 3.8) is 0 Å². The zero-order valence-corrected chi connectivity index (χ0v) is 9.78. The van der Waals surface area contributed by atoms with Crippen molar-refractivity contribution in [2.75, 3.05) is 19.5 Å². The van der Waals surface area contributed by atoms with Gasteiger partial charge in [0.25, 0.3) is 0 Å². The highest BCUT2D eigenvalue weighted by molar-refractivity contribution is 5.91. The summed E-state index contributed by atoms with van der Waals surface area (Å²) in [5, 5.41) is 27.9. The van der Waals surface area contributed by atoms with E-state index in [1.165, 1.54) is 0 Å². The summed E-state index contributed by atoms with van der Waals surface area (Å²) in [4.78, 5) is 18.8. The molecule has 5 N–H and O–H groups in total. The maximum atomic E-state index is 11.3. The average Bonchev–Trinajstić information content (AvgIpc) is 2.38. The van der Waals surface area contributed by atoms with Gasteiger partial charge in [0.05, 0.1) is 25.1 Å². The van der Waals surface area contributed by atoms with Crippen molar-refractivity contribution in [1.82, 2.24) is 9.97 Å². The minimum atomic E-state index is -1.37. The number of esters is 1. The van der Waals surface area contributed by atoms with Crippen LogP contribution in [0.5, 0.6) is 0 Å². The maximum absolute atomic E-state index is 11.3. The summed E-state index contributed by atoms with van der Waals surface area (Å²) in [7, 11) is 1.16. The third kappa shape index (κ3) is 3.13. The number of aromatic nitrogens is 2. The number of nitrogen functional groups attached to an aromatic ring is 1. The Morgan fingerprint density at radius 2 is 2.22 bits per heavy atom. The fraction of sp³-hybridized carbons (Fsp3) is 0.500. The van der Waals surface area contributed by atoms with E-state index in [4.69, 9.17) is 10.8 Å². The van der Waals surface area contributed by atoms with Gasteiger partial charge in [-0.2, -0.15) is 0 Å². The third-order valence-electron chi connectivity index (χ3n) is 2.29. The molecule has 18 heavy (non-hydrogen) atoms. The third-order valence-corrected chi connectivity index (χ3v) is 2.29. The number of rotatable bonds is 5. The molecule has 0 radical (unpaired) electrons. The smallest absolute Gasteiger partial charge is 0.360 e. The second-order valence-electron chi connectivity index (χ2n) is 3.54. The normalized spacial score (nSPS) is 14.0. The van der Waals surface area contributed by atoms with Crippen LogP contribution in [0.1, 0.15) is 28.7 Å². The number of aliphatic hydroxyl groups is 3. The molecule has 1 aromatic rings. The van der Waals surface area contributed by atoms with Gasteiger partial charge in [-0.3, -0.25) is 0 Å². The number of anilines is 1. The topological polar surface area (TPSA) is 139 Å². The van der Waals surface area contributed by atoms with Gasteiger partial charge < -0.3 is 25.8 Å². The monoisotopic (exact) mass is 257 g/mol. The largest absolute Gasteiger partial charge is 0.464 e. The number of ether oxygens (including phenoxy) is 1. The Labute approximate surface area is 103 Å². The lowest BCUT2D eigenvalue weighted by molar-refractivity contribution is 0.00153. The van der Waals surface area contributed by atoms with Gasteiger partial charge in [0.1, 0.15) is 6.10 Å². The Bertz CT molecular complexity index is 426. The van der Waals surface area contributed by atoms with E-state index in [1.807, 2.05) is 0 Å². The first kappa shape index (κ1) is 14.3. The van der Waals surface area contributed by atoms with Crippen LogP contribution in [0.3, 0.4) is 0 Å². The van der Waals surface area contributed by atoms with Crippen LogP contribution in [-0.2, 0) is 4.74 Å². The first-order valence-corrected chi connectivity index (χ1v) is 5.19. The van der Waals surface area contributed by atoms with Crippen LogP contribution < -0.4 is 5.73 Å². The van der Waals surface area contributed by atoms with Gasteiger partial charge >= 0.3 is 5.97 Å². The number of methoxy groups -OCH3 is 1. The van der Waals surface area contributed by atoms with E-state index < -0.39 is 18.2 Å². The molecule has 0 bridgehead atoms. The Morgan fingerprint density at radius 3 is 2.78 bits per heavy atom. The number of aliphatic hydroxyl groups excluding tert-OH is 3. The van der Waals surface area contributed by atoms with Gasteiger partial charge in [-0.1, -0.05) is 0 Å². The fourth-order valence-corrected chi connectivity index (χ4v) is 1.29. The fourth-order valence-electron chi connectivity index (χ4n) is 1.29. The zero-order chi connectivity index (χ0) is 13.7. The average molecular weight is 257 g/mol. The Hall–Kier alpha value is -1.77. The van der Waals surface area contributed by atoms with Crippen LogP contribution in [0.25, 0.3) is 0 Å². The number of hydrogen-bond acceptors (Lipinski definition) is 8. The first-order chi connectivity index (χ1) is 8.51. The summed E-state index contributed by atoms with van der Waals surface area (Å²) >= 11 is 0. The second kappa shape index (κ2) is 6.24. The zero-order valence-electron chi connectivity index (χ0n) is 9.78. The highest BCUT2D eigenvalue weighted by atomic mass is 16.5. The summed E-state index contributed by atoms with van der Waals surface area (Å²) in [6.07, 6.45) is -1.46.